The van der Waals surface area contributed by atoms with Crippen LogP contribution < -0.4 is 5.32 Å². The molecule has 114 valence electrons. The first-order valence-corrected chi connectivity index (χ1v) is 8.57. The zero-order valence-corrected chi connectivity index (χ0v) is 13.8. The third kappa shape index (κ3) is 5.62. The zero-order valence-electron chi connectivity index (χ0n) is 13.0. The van der Waals surface area contributed by atoms with Crippen LogP contribution in [0.5, 0.6) is 0 Å². The molecule has 0 aliphatic heterocycles. The first kappa shape index (κ1) is 16.2. The highest BCUT2D eigenvalue weighted by Gasteiger charge is 2.05. The van der Waals surface area contributed by atoms with Crippen LogP contribution in [0.15, 0.2) is 41.8 Å². The summed E-state index contributed by atoms with van der Waals surface area (Å²) in [4.78, 5) is 1.28. The molecule has 3 heteroatoms. The van der Waals surface area contributed by atoms with Crippen LogP contribution in [0.1, 0.15) is 42.2 Å². The summed E-state index contributed by atoms with van der Waals surface area (Å²) in [6, 6.07) is 13.0. The molecule has 0 fully saturated rings. The maximum absolute atomic E-state index is 5.74. The van der Waals surface area contributed by atoms with Crippen LogP contribution in [0.3, 0.4) is 0 Å². The Morgan fingerprint density at radius 2 is 1.95 bits per heavy atom. The maximum Gasteiger partial charge on any atom is 0.0813 e. The number of thiophene rings is 1. The highest BCUT2D eigenvalue weighted by Crippen LogP contribution is 2.16. The number of ether oxygens (including phenoxy) is 1. The van der Waals surface area contributed by atoms with Crippen molar-refractivity contribution in [1.82, 2.24) is 5.32 Å². The largest absolute Gasteiger partial charge is 0.371 e. The fourth-order valence-corrected chi connectivity index (χ4v) is 2.86. The molecule has 1 heterocycles. The van der Waals surface area contributed by atoms with E-state index in [2.05, 4.69) is 60.9 Å². The van der Waals surface area contributed by atoms with Gasteiger partial charge in [-0.1, -0.05) is 44.2 Å². The number of nitrogens with one attached hydrogen (secondary N) is 1. The Labute approximate surface area is 132 Å². The summed E-state index contributed by atoms with van der Waals surface area (Å²) in [7, 11) is 0. The molecule has 1 aromatic carbocycles. The molecule has 1 atom stereocenters. The Kier molecular flexibility index (Phi) is 6.93. The number of hydrogen-bond donors (Lipinski definition) is 1. The third-order valence-electron chi connectivity index (χ3n) is 3.52. The lowest BCUT2D eigenvalue weighted by Gasteiger charge is -2.13. The second kappa shape index (κ2) is 8.98. The maximum atomic E-state index is 5.74. The van der Waals surface area contributed by atoms with Crippen molar-refractivity contribution in [2.75, 3.05) is 13.1 Å². The Hall–Kier alpha value is -1.16. The van der Waals surface area contributed by atoms with Gasteiger partial charge in [0, 0.05) is 11.4 Å². The zero-order chi connectivity index (χ0) is 14.9. The predicted molar refractivity (Wildman–Crippen MR) is 90.8 cm³/mol. The van der Waals surface area contributed by atoms with Crippen molar-refractivity contribution in [2.45, 2.75) is 39.4 Å². The summed E-state index contributed by atoms with van der Waals surface area (Å²) in [5, 5.41) is 5.56. The summed E-state index contributed by atoms with van der Waals surface area (Å²) in [5.41, 5.74) is 2.63. The van der Waals surface area contributed by atoms with Crippen LogP contribution in [0, 0.1) is 0 Å². The number of hydrogen-bond acceptors (Lipinski definition) is 3. The van der Waals surface area contributed by atoms with Crippen LogP contribution in [-0.2, 0) is 18.0 Å². The predicted octanol–water partition coefficient (Wildman–Crippen LogP) is 4.57. The molecule has 0 radical (unpaired) electrons. The van der Waals surface area contributed by atoms with Gasteiger partial charge in [0.15, 0.2) is 0 Å². The van der Waals surface area contributed by atoms with Crippen LogP contribution >= 0.6 is 11.3 Å². The standard InChI is InChI=1S/C18H25NOS/c1-3-10-19-12-15(2)17-8-6-16(7-9-17)13-20-14-18-5-4-11-21-18/h4-9,11,15,19H,3,10,12-14H2,1-2H3. The van der Waals surface area contributed by atoms with Gasteiger partial charge < -0.3 is 10.1 Å². The summed E-state index contributed by atoms with van der Waals surface area (Å²) in [5.74, 6) is 0.553. The molecule has 1 unspecified atom stereocenters. The van der Waals surface area contributed by atoms with E-state index in [0.717, 1.165) is 13.1 Å². The van der Waals surface area contributed by atoms with Gasteiger partial charge in [-0.15, -0.1) is 11.3 Å². The second-order valence-electron chi connectivity index (χ2n) is 5.42. The molecular weight excluding hydrogens is 278 g/mol. The molecule has 0 amide bonds. The molecule has 2 nitrogen and oxygen atoms in total. The number of rotatable bonds is 9. The summed E-state index contributed by atoms with van der Waals surface area (Å²) in [6.07, 6.45) is 1.19. The van der Waals surface area contributed by atoms with E-state index in [0.29, 0.717) is 19.1 Å². The minimum atomic E-state index is 0.553. The van der Waals surface area contributed by atoms with Crippen molar-refractivity contribution in [2.24, 2.45) is 0 Å². The van der Waals surface area contributed by atoms with Crippen molar-refractivity contribution in [1.29, 1.82) is 0 Å². The van der Waals surface area contributed by atoms with Gasteiger partial charge in [0.05, 0.1) is 13.2 Å². The first-order chi connectivity index (χ1) is 10.3. The highest BCUT2D eigenvalue weighted by atomic mass is 32.1. The van der Waals surface area contributed by atoms with Gasteiger partial charge in [-0.25, -0.2) is 0 Å². The van der Waals surface area contributed by atoms with E-state index in [4.69, 9.17) is 4.74 Å². The van der Waals surface area contributed by atoms with Gasteiger partial charge in [-0.05, 0) is 41.5 Å². The lowest BCUT2D eigenvalue weighted by molar-refractivity contribution is 0.109. The van der Waals surface area contributed by atoms with Gasteiger partial charge in [0.1, 0.15) is 0 Å². The van der Waals surface area contributed by atoms with Crippen LogP contribution in [0.4, 0.5) is 0 Å². The molecule has 21 heavy (non-hydrogen) atoms. The monoisotopic (exact) mass is 303 g/mol. The van der Waals surface area contributed by atoms with Crippen molar-refractivity contribution < 1.29 is 4.74 Å². The van der Waals surface area contributed by atoms with Gasteiger partial charge >= 0.3 is 0 Å². The molecule has 1 N–H and O–H groups in total. The third-order valence-corrected chi connectivity index (χ3v) is 4.37. The quantitative estimate of drug-likeness (QED) is 0.685. The van der Waals surface area contributed by atoms with Gasteiger partial charge in [-0.3, -0.25) is 0 Å². The molecule has 0 aliphatic rings. The van der Waals surface area contributed by atoms with E-state index in [1.165, 1.54) is 22.4 Å². The minimum absolute atomic E-state index is 0.553. The topological polar surface area (TPSA) is 21.3 Å². The molecule has 2 rings (SSSR count). The van der Waals surface area contributed by atoms with Crippen LogP contribution in [0.25, 0.3) is 0 Å². The Morgan fingerprint density at radius 3 is 2.62 bits per heavy atom. The fourth-order valence-electron chi connectivity index (χ4n) is 2.22. The summed E-state index contributed by atoms with van der Waals surface area (Å²) in [6.45, 7) is 7.99. The molecule has 0 bridgehead atoms. The molecule has 2 aromatic rings. The normalized spacial score (nSPS) is 12.5. The van der Waals surface area contributed by atoms with E-state index in [-0.39, 0.29) is 0 Å². The van der Waals surface area contributed by atoms with Crippen molar-refractivity contribution >= 4 is 11.3 Å². The highest BCUT2D eigenvalue weighted by molar-refractivity contribution is 7.09. The summed E-state index contributed by atoms with van der Waals surface area (Å²) >= 11 is 1.74. The average molecular weight is 303 g/mol. The fraction of sp³-hybridized carbons (Fsp3) is 0.444. The second-order valence-corrected chi connectivity index (χ2v) is 6.45. The van der Waals surface area contributed by atoms with Crippen molar-refractivity contribution in [3.05, 3.63) is 57.8 Å². The van der Waals surface area contributed by atoms with Crippen LogP contribution in [0.2, 0.25) is 0 Å². The lowest BCUT2D eigenvalue weighted by Crippen LogP contribution is -2.20. The van der Waals surface area contributed by atoms with Crippen molar-refractivity contribution in [3.63, 3.8) is 0 Å². The molecular formula is C18H25NOS. The average Bonchev–Trinajstić information content (AvgIpc) is 3.01. The first-order valence-electron chi connectivity index (χ1n) is 7.69. The van der Waals surface area contributed by atoms with Crippen LogP contribution in [-0.4, -0.2) is 13.1 Å². The Bertz CT molecular complexity index is 492. The van der Waals surface area contributed by atoms with E-state index >= 15 is 0 Å². The minimum Gasteiger partial charge on any atom is -0.371 e. The van der Waals surface area contributed by atoms with Gasteiger partial charge in [-0.2, -0.15) is 0 Å². The molecule has 1 aromatic heterocycles. The van der Waals surface area contributed by atoms with E-state index in [1.807, 2.05) is 0 Å². The molecule has 0 saturated carbocycles. The molecule has 0 saturated heterocycles. The molecule has 0 aliphatic carbocycles. The SMILES string of the molecule is CCCNCC(C)c1ccc(COCc2cccs2)cc1. The Morgan fingerprint density at radius 1 is 1.14 bits per heavy atom. The number of benzene rings is 1. The lowest BCUT2D eigenvalue weighted by atomic mass is 10.00. The van der Waals surface area contributed by atoms with Gasteiger partial charge in [0.25, 0.3) is 0 Å². The van der Waals surface area contributed by atoms with Gasteiger partial charge in [0.2, 0.25) is 0 Å². The van der Waals surface area contributed by atoms with E-state index < -0.39 is 0 Å². The Balaban J connectivity index is 1.75. The van der Waals surface area contributed by atoms with E-state index in [1.54, 1.807) is 11.3 Å². The van der Waals surface area contributed by atoms with Crippen molar-refractivity contribution in [3.8, 4) is 0 Å². The van der Waals surface area contributed by atoms with E-state index in [9.17, 15) is 0 Å². The molecule has 0 spiro atoms. The smallest absolute Gasteiger partial charge is 0.0813 e. The summed E-state index contributed by atoms with van der Waals surface area (Å²) < 4.78 is 5.74.